The molecule has 0 unspecified atom stereocenters. The van der Waals surface area contributed by atoms with Gasteiger partial charge in [-0.3, -0.25) is 10.1 Å². The normalized spacial score (nSPS) is 18.1. The number of piperidine rings is 1. The van der Waals surface area contributed by atoms with E-state index in [9.17, 15) is 10.1 Å². The van der Waals surface area contributed by atoms with Crippen LogP contribution in [0.2, 0.25) is 0 Å². The SMILES string of the molecule is CC(C)CN1CCC(n2ncc([N+](=O)[O-])c2N)CC1. The van der Waals surface area contributed by atoms with Gasteiger partial charge in [-0.15, -0.1) is 0 Å². The van der Waals surface area contributed by atoms with Crippen LogP contribution in [0.4, 0.5) is 11.5 Å². The van der Waals surface area contributed by atoms with Gasteiger partial charge < -0.3 is 10.6 Å². The summed E-state index contributed by atoms with van der Waals surface area (Å²) in [5, 5.41) is 14.8. The molecular weight excluding hydrogens is 246 g/mol. The number of nitrogens with two attached hydrogens (primary N) is 1. The van der Waals surface area contributed by atoms with Gasteiger partial charge in [-0.05, 0) is 18.8 Å². The number of hydrogen-bond donors (Lipinski definition) is 1. The summed E-state index contributed by atoms with van der Waals surface area (Å²) in [4.78, 5) is 12.7. The predicted molar refractivity (Wildman–Crippen MR) is 72.8 cm³/mol. The van der Waals surface area contributed by atoms with Gasteiger partial charge >= 0.3 is 5.69 Å². The Bertz CT molecular complexity index is 449. The van der Waals surface area contributed by atoms with E-state index in [-0.39, 0.29) is 17.5 Å². The van der Waals surface area contributed by atoms with Crippen molar-refractivity contribution in [2.75, 3.05) is 25.4 Å². The summed E-state index contributed by atoms with van der Waals surface area (Å²) >= 11 is 0. The van der Waals surface area contributed by atoms with Crippen molar-refractivity contribution in [1.82, 2.24) is 14.7 Å². The zero-order chi connectivity index (χ0) is 14.0. The minimum Gasteiger partial charge on any atom is -0.378 e. The third-order valence-corrected chi connectivity index (χ3v) is 3.54. The van der Waals surface area contributed by atoms with Crippen LogP contribution >= 0.6 is 0 Å². The fourth-order valence-corrected chi connectivity index (χ4v) is 2.66. The number of aromatic nitrogens is 2. The molecule has 1 aromatic rings. The maximum atomic E-state index is 10.8. The molecule has 0 bridgehead atoms. The second kappa shape index (κ2) is 5.56. The largest absolute Gasteiger partial charge is 0.378 e. The molecule has 2 heterocycles. The molecular formula is C12H21N5O2. The molecule has 0 atom stereocenters. The van der Waals surface area contributed by atoms with Gasteiger partial charge in [-0.2, -0.15) is 5.10 Å². The third kappa shape index (κ3) is 3.04. The lowest BCUT2D eigenvalue weighted by atomic mass is 10.0. The number of nitro groups is 1. The monoisotopic (exact) mass is 267 g/mol. The highest BCUT2D eigenvalue weighted by atomic mass is 16.6. The number of rotatable bonds is 4. The van der Waals surface area contributed by atoms with Gasteiger partial charge in [-0.1, -0.05) is 13.8 Å². The molecule has 1 saturated heterocycles. The molecule has 7 nitrogen and oxygen atoms in total. The van der Waals surface area contributed by atoms with E-state index in [1.54, 1.807) is 4.68 Å². The molecule has 0 aromatic carbocycles. The average Bonchev–Trinajstić information content (AvgIpc) is 2.71. The maximum Gasteiger partial charge on any atom is 0.330 e. The quantitative estimate of drug-likeness (QED) is 0.662. The number of nitrogens with zero attached hydrogens (tertiary/aromatic N) is 4. The van der Waals surface area contributed by atoms with Crippen LogP contribution in [-0.2, 0) is 0 Å². The highest BCUT2D eigenvalue weighted by Gasteiger charge is 2.26. The molecule has 0 amide bonds. The minimum atomic E-state index is -0.479. The first-order valence-corrected chi connectivity index (χ1v) is 6.68. The van der Waals surface area contributed by atoms with Crippen molar-refractivity contribution in [1.29, 1.82) is 0 Å². The van der Waals surface area contributed by atoms with Crippen molar-refractivity contribution >= 4 is 11.5 Å². The number of hydrogen-bond acceptors (Lipinski definition) is 5. The first-order valence-electron chi connectivity index (χ1n) is 6.68. The zero-order valence-electron chi connectivity index (χ0n) is 11.5. The fourth-order valence-electron chi connectivity index (χ4n) is 2.66. The molecule has 2 N–H and O–H groups in total. The van der Waals surface area contributed by atoms with Gasteiger partial charge in [0, 0.05) is 19.6 Å². The Kier molecular flexibility index (Phi) is 4.04. The van der Waals surface area contributed by atoms with Crippen LogP contribution in [0.5, 0.6) is 0 Å². The number of likely N-dealkylation sites (tertiary alicyclic amines) is 1. The van der Waals surface area contributed by atoms with Gasteiger partial charge in [-0.25, -0.2) is 4.68 Å². The van der Waals surface area contributed by atoms with Gasteiger partial charge in [0.1, 0.15) is 6.20 Å². The zero-order valence-corrected chi connectivity index (χ0v) is 11.5. The van der Waals surface area contributed by atoms with Gasteiger partial charge in [0.15, 0.2) is 0 Å². The van der Waals surface area contributed by atoms with E-state index in [2.05, 4.69) is 23.8 Å². The standard InChI is InChI=1S/C12H21N5O2/c1-9(2)8-15-5-3-10(4-6-15)16-12(13)11(7-14-16)17(18)19/h7,9-10H,3-6,8,13H2,1-2H3. The topological polar surface area (TPSA) is 90.2 Å². The molecule has 0 saturated carbocycles. The first kappa shape index (κ1) is 13.8. The van der Waals surface area contributed by atoms with Crippen LogP contribution in [0.25, 0.3) is 0 Å². The lowest BCUT2D eigenvalue weighted by molar-refractivity contribution is -0.384. The average molecular weight is 267 g/mol. The highest BCUT2D eigenvalue weighted by molar-refractivity contribution is 5.51. The molecule has 106 valence electrons. The molecule has 1 aromatic heterocycles. The Labute approximate surface area is 112 Å². The first-order chi connectivity index (χ1) is 8.99. The highest BCUT2D eigenvalue weighted by Crippen LogP contribution is 2.29. The van der Waals surface area contributed by atoms with E-state index in [4.69, 9.17) is 5.73 Å². The van der Waals surface area contributed by atoms with Crippen molar-refractivity contribution in [3.05, 3.63) is 16.3 Å². The van der Waals surface area contributed by atoms with E-state index in [0.717, 1.165) is 32.5 Å². The Morgan fingerprint density at radius 3 is 2.63 bits per heavy atom. The van der Waals surface area contributed by atoms with Crippen LogP contribution in [-0.4, -0.2) is 39.2 Å². The fraction of sp³-hybridized carbons (Fsp3) is 0.750. The smallest absolute Gasteiger partial charge is 0.330 e. The summed E-state index contributed by atoms with van der Waals surface area (Å²) in [6.07, 6.45) is 3.13. The van der Waals surface area contributed by atoms with Crippen LogP contribution in [0.15, 0.2) is 6.20 Å². The summed E-state index contributed by atoms with van der Waals surface area (Å²) in [5.74, 6) is 0.833. The van der Waals surface area contributed by atoms with E-state index < -0.39 is 4.92 Å². The van der Waals surface area contributed by atoms with Crippen LogP contribution in [0, 0.1) is 16.0 Å². The molecule has 2 rings (SSSR count). The predicted octanol–water partition coefficient (Wildman–Crippen LogP) is 1.67. The second-order valence-corrected chi connectivity index (χ2v) is 5.54. The molecule has 1 aliphatic heterocycles. The van der Waals surface area contributed by atoms with Crippen molar-refractivity contribution in [3.8, 4) is 0 Å². The van der Waals surface area contributed by atoms with E-state index in [1.165, 1.54) is 6.20 Å². The summed E-state index contributed by atoms with van der Waals surface area (Å²) in [5.41, 5.74) is 5.70. The Balaban J connectivity index is 2.00. The summed E-state index contributed by atoms with van der Waals surface area (Å²) in [6, 6.07) is 0.178. The lowest BCUT2D eigenvalue weighted by Gasteiger charge is -2.33. The third-order valence-electron chi connectivity index (χ3n) is 3.54. The molecule has 1 fully saturated rings. The molecule has 19 heavy (non-hydrogen) atoms. The van der Waals surface area contributed by atoms with Crippen molar-refractivity contribution in [3.63, 3.8) is 0 Å². The summed E-state index contributed by atoms with van der Waals surface area (Å²) < 4.78 is 1.62. The van der Waals surface area contributed by atoms with Crippen molar-refractivity contribution in [2.45, 2.75) is 32.7 Å². The van der Waals surface area contributed by atoms with E-state index in [1.807, 2.05) is 0 Å². The molecule has 1 aliphatic rings. The summed E-state index contributed by atoms with van der Waals surface area (Å²) in [7, 11) is 0. The number of nitrogen functional groups attached to an aromatic ring is 1. The summed E-state index contributed by atoms with van der Waals surface area (Å²) in [6.45, 7) is 7.51. The maximum absolute atomic E-state index is 10.8. The van der Waals surface area contributed by atoms with Gasteiger partial charge in [0.05, 0.1) is 11.0 Å². The second-order valence-electron chi connectivity index (χ2n) is 5.54. The van der Waals surface area contributed by atoms with Crippen LogP contribution in [0.1, 0.15) is 32.7 Å². The van der Waals surface area contributed by atoms with Gasteiger partial charge in [0.25, 0.3) is 0 Å². The van der Waals surface area contributed by atoms with Crippen molar-refractivity contribution in [2.24, 2.45) is 5.92 Å². The lowest BCUT2D eigenvalue weighted by Crippen LogP contribution is -2.37. The Morgan fingerprint density at radius 1 is 1.53 bits per heavy atom. The van der Waals surface area contributed by atoms with Crippen LogP contribution < -0.4 is 5.73 Å². The molecule has 0 spiro atoms. The molecule has 0 aliphatic carbocycles. The minimum absolute atomic E-state index is 0.0930. The van der Waals surface area contributed by atoms with Gasteiger partial charge in [0.2, 0.25) is 5.82 Å². The van der Waals surface area contributed by atoms with Crippen LogP contribution in [0.3, 0.4) is 0 Å². The van der Waals surface area contributed by atoms with E-state index in [0.29, 0.717) is 5.92 Å². The Morgan fingerprint density at radius 2 is 2.16 bits per heavy atom. The number of anilines is 1. The van der Waals surface area contributed by atoms with Crippen molar-refractivity contribution < 1.29 is 4.92 Å². The molecule has 0 radical (unpaired) electrons. The van der Waals surface area contributed by atoms with E-state index >= 15 is 0 Å². The Hall–Kier alpha value is -1.63. The molecule has 7 heteroatoms.